The van der Waals surface area contributed by atoms with E-state index in [4.69, 9.17) is 0 Å². The Balaban J connectivity index is 1.20. The van der Waals surface area contributed by atoms with Crippen molar-refractivity contribution in [2.45, 2.75) is 96.9 Å². The molecule has 2 heterocycles. The van der Waals surface area contributed by atoms with E-state index in [1.807, 2.05) is 18.3 Å². The summed E-state index contributed by atoms with van der Waals surface area (Å²) >= 11 is 0. The predicted molar refractivity (Wildman–Crippen MR) is 139 cm³/mol. The van der Waals surface area contributed by atoms with Crippen molar-refractivity contribution in [2.75, 3.05) is 0 Å². The van der Waals surface area contributed by atoms with Gasteiger partial charge in [0.2, 0.25) is 0 Å². The van der Waals surface area contributed by atoms with Crippen LogP contribution < -0.4 is 0 Å². The highest BCUT2D eigenvalue weighted by atomic mass is 16.3. The molecule has 0 bridgehead atoms. The van der Waals surface area contributed by atoms with E-state index in [2.05, 4.69) is 35.7 Å². The minimum Gasteiger partial charge on any atom is -0.393 e. The molecule has 11 atom stereocenters. The molecule has 0 aromatic carbocycles. The van der Waals surface area contributed by atoms with E-state index in [1.54, 1.807) is 6.20 Å². The average Bonchev–Trinajstić information content (AvgIpc) is 3.22. The van der Waals surface area contributed by atoms with Crippen molar-refractivity contribution in [3.05, 3.63) is 30.4 Å². The Kier molecular flexibility index (Phi) is 6.17. The van der Waals surface area contributed by atoms with Gasteiger partial charge in [0.15, 0.2) is 5.65 Å². The number of hydrogen-bond donors (Lipinski definition) is 3. The maximum absolute atomic E-state index is 11.8. The van der Waals surface area contributed by atoms with Crippen LogP contribution in [-0.4, -0.2) is 48.6 Å². The van der Waals surface area contributed by atoms with E-state index in [0.29, 0.717) is 29.6 Å². The Morgan fingerprint density at radius 3 is 2.69 bits per heavy atom. The second-order valence-corrected chi connectivity index (χ2v) is 13.2. The van der Waals surface area contributed by atoms with Gasteiger partial charge >= 0.3 is 0 Å². The van der Waals surface area contributed by atoms with Gasteiger partial charge in [-0.05, 0) is 110 Å². The van der Waals surface area contributed by atoms with Gasteiger partial charge < -0.3 is 15.3 Å². The first-order valence-corrected chi connectivity index (χ1v) is 14.3. The van der Waals surface area contributed by atoms with Crippen LogP contribution in [0.2, 0.25) is 0 Å². The number of aryl methyl sites for hydroxylation is 1. The molecule has 0 radical (unpaired) electrons. The highest BCUT2D eigenvalue weighted by Gasteiger charge is 2.65. The maximum atomic E-state index is 11.8. The summed E-state index contributed by atoms with van der Waals surface area (Å²) in [5.41, 5.74) is 0.714. The van der Waals surface area contributed by atoms with Gasteiger partial charge in [-0.25, -0.2) is 15.0 Å². The second-order valence-electron chi connectivity index (χ2n) is 13.2. The topological polar surface area (TPSA) is 99.4 Å². The van der Waals surface area contributed by atoms with Crippen LogP contribution >= 0.6 is 0 Å². The van der Waals surface area contributed by atoms with Crippen LogP contribution in [0.25, 0.3) is 11.0 Å². The number of nitrogens with zero attached hydrogens (tertiary/aromatic N) is 3. The van der Waals surface area contributed by atoms with Crippen LogP contribution in [0.3, 0.4) is 0 Å². The summed E-state index contributed by atoms with van der Waals surface area (Å²) in [6, 6.07) is 3.90. The lowest BCUT2D eigenvalue weighted by atomic mass is 9.43. The lowest BCUT2D eigenvalue weighted by molar-refractivity contribution is -0.207. The SMILES string of the molecule is C[C@H](CCc1ncc2cccnc2n1)[C@H]1CC[C@H]2[C@H]3C(C[C@H](O)[C@]12C)[C@@]1(C)CC[C@@H](O)C[C@H]1C[C@H]3O. The Morgan fingerprint density at radius 2 is 1.86 bits per heavy atom. The molecule has 3 N–H and O–H groups in total. The standard InChI is InChI=1S/C30H43N3O3/c1-17(6-9-26-32-16-18-5-4-12-31-28(18)33-26)21-7-8-22-27-23(15-25(36)30(21,22)3)29(2)11-10-20(34)13-19(29)14-24(27)35/h4-5,12,16-17,19-25,27,34-36H,6-11,13-15H2,1-3H3/t17-,19+,20-,21-,22+,23?,24-,25+,27+,29+,30-/m1/s1. The molecule has 6 heteroatoms. The van der Waals surface area contributed by atoms with Gasteiger partial charge in [-0.2, -0.15) is 0 Å². The monoisotopic (exact) mass is 493 g/mol. The largest absolute Gasteiger partial charge is 0.393 e. The number of aliphatic hydroxyl groups excluding tert-OH is 3. The average molecular weight is 494 g/mol. The quantitative estimate of drug-likeness (QED) is 0.578. The molecule has 196 valence electrons. The summed E-state index contributed by atoms with van der Waals surface area (Å²) < 4.78 is 0. The first-order valence-electron chi connectivity index (χ1n) is 14.3. The van der Waals surface area contributed by atoms with Crippen molar-refractivity contribution in [1.29, 1.82) is 0 Å². The van der Waals surface area contributed by atoms with Crippen LogP contribution in [0.4, 0.5) is 0 Å². The Hall–Kier alpha value is -1.63. The molecule has 4 fully saturated rings. The van der Waals surface area contributed by atoms with E-state index in [0.717, 1.165) is 74.6 Å². The Bertz CT molecular complexity index is 1110. The third-order valence-electron chi connectivity index (χ3n) is 11.7. The lowest BCUT2D eigenvalue weighted by Gasteiger charge is -2.63. The zero-order valence-electron chi connectivity index (χ0n) is 22.1. The van der Waals surface area contributed by atoms with Crippen LogP contribution in [0.1, 0.15) is 78.0 Å². The second kappa shape index (κ2) is 8.99. The van der Waals surface area contributed by atoms with E-state index < -0.39 is 0 Å². The Morgan fingerprint density at radius 1 is 1.03 bits per heavy atom. The molecule has 6 nitrogen and oxygen atoms in total. The van der Waals surface area contributed by atoms with E-state index >= 15 is 0 Å². The van der Waals surface area contributed by atoms with Gasteiger partial charge in [0.05, 0.1) is 18.3 Å². The minimum atomic E-state index is -0.338. The molecule has 1 unspecified atom stereocenters. The van der Waals surface area contributed by atoms with E-state index in [1.165, 1.54) is 0 Å². The molecular weight excluding hydrogens is 450 g/mol. The van der Waals surface area contributed by atoms with Crippen molar-refractivity contribution in [1.82, 2.24) is 15.0 Å². The Labute approximate surface area is 215 Å². The van der Waals surface area contributed by atoms with Gasteiger partial charge in [0.1, 0.15) is 5.82 Å². The van der Waals surface area contributed by atoms with Gasteiger partial charge in [0.25, 0.3) is 0 Å². The molecule has 0 spiro atoms. The summed E-state index contributed by atoms with van der Waals surface area (Å²) in [6.45, 7) is 7.07. The number of pyridine rings is 1. The van der Waals surface area contributed by atoms with Gasteiger partial charge in [-0.3, -0.25) is 0 Å². The van der Waals surface area contributed by atoms with Crippen LogP contribution in [0, 0.1) is 46.3 Å². The van der Waals surface area contributed by atoms with Crippen LogP contribution in [0.15, 0.2) is 24.5 Å². The predicted octanol–water partition coefficient (Wildman–Crippen LogP) is 4.55. The van der Waals surface area contributed by atoms with Crippen LogP contribution in [0.5, 0.6) is 0 Å². The molecule has 0 aliphatic heterocycles. The summed E-state index contributed by atoms with van der Waals surface area (Å²) in [7, 11) is 0. The smallest absolute Gasteiger partial charge is 0.162 e. The molecular formula is C30H43N3O3. The zero-order valence-corrected chi connectivity index (χ0v) is 22.1. The van der Waals surface area contributed by atoms with Crippen molar-refractivity contribution < 1.29 is 15.3 Å². The van der Waals surface area contributed by atoms with Crippen molar-refractivity contribution >= 4 is 11.0 Å². The normalized spacial score (nSPS) is 45.1. The number of fused-ring (bicyclic) bond motifs is 6. The number of aliphatic hydroxyl groups is 3. The third kappa shape index (κ3) is 3.73. The summed E-state index contributed by atoms with van der Waals surface area (Å²) in [5.74, 6) is 3.06. The minimum absolute atomic E-state index is 0.122. The summed E-state index contributed by atoms with van der Waals surface area (Å²) in [4.78, 5) is 13.6. The highest BCUT2D eigenvalue weighted by Crippen LogP contribution is 2.68. The van der Waals surface area contributed by atoms with E-state index in [9.17, 15) is 15.3 Å². The van der Waals surface area contributed by atoms with Gasteiger partial charge in [-0.15, -0.1) is 0 Å². The first-order chi connectivity index (χ1) is 17.2. The van der Waals surface area contributed by atoms with Gasteiger partial charge in [-0.1, -0.05) is 20.8 Å². The molecule has 0 saturated heterocycles. The molecule has 2 aromatic rings. The zero-order chi connectivity index (χ0) is 25.2. The fraction of sp³-hybridized carbons (Fsp3) is 0.767. The van der Waals surface area contributed by atoms with Gasteiger partial charge in [0, 0.05) is 24.2 Å². The van der Waals surface area contributed by atoms with Crippen molar-refractivity contribution in [3.8, 4) is 0 Å². The molecule has 6 rings (SSSR count). The molecule has 4 aliphatic carbocycles. The number of aromatic nitrogens is 3. The van der Waals surface area contributed by atoms with E-state index in [-0.39, 0.29) is 35.1 Å². The summed E-state index contributed by atoms with van der Waals surface area (Å²) in [6.07, 6.45) is 11.1. The van der Waals surface area contributed by atoms with Crippen molar-refractivity contribution in [2.24, 2.45) is 46.3 Å². The fourth-order valence-corrected chi connectivity index (χ4v) is 9.71. The fourth-order valence-electron chi connectivity index (χ4n) is 9.71. The summed E-state index contributed by atoms with van der Waals surface area (Å²) in [5, 5.41) is 34.5. The lowest BCUT2D eigenvalue weighted by Crippen LogP contribution is -2.62. The molecule has 4 saturated carbocycles. The molecule has 36 heavy (non-hydrogen) atoms. The number of rotatable bonds is 4. The molecule has 0 amide bonds. The molecule has 4 aliphatic rings. The third-order valence-corrected chi connectivity index (χ3v) is 11.7. The van der Waals surface area contributed by atoms with Crippen LogP contribution in [-0.2, 0) is 6.42 Å². The number of hydrogen-bond acceptors (Lipinski definition) is 6. The first kappa shape index (κ1) is 24.7. The van der Waals surface area contributed by atoms with Crippen molar-refractivity contribution in [3.63, 3.8) is 0 Å². The maximum Gasteiger partial charge on any atom is 0.162 e. The molecule has 2 aromatic heterocycles. The highest BCUT2D eigenvalue weighted by molar-refractivity contribution is 5.72.